The van der Waals surface area contributed by atoms with E-state index in [1.165, 1.54) is 10.1 Å². The molecule has 0 radical (unpaired) electrons. The van der Waals surface area contributed by atoms with Crippen LogP contribution in [0.2, 0.25) is 0 Å². The first-order chi connectivity index (χ1) is 13.3. The molecule has 0 aliphatic heterocycles. The summed E-state index contributed by atoms with van der Waals surface area (Å²) < 4.78 is 3.94. The molecule has 0 aliphatic rings. The van der Waals surface area contributed by atoms with Gasteiger partial charge in [-0.3, -0.25) is 4.79 Å². The van der Waals surface area contributed by atoms with Crippen LogP contribution in [0.1, 0.15) is 10.4 Å². The van der Waals surface area contributed by atoms with Crippen LogP contribution in [-0.2, 0) is 0 Å². The number of carbonyl (C=O) groups is 1. The number of nitrogens with one attached hydrogen (secondary N) is 1. The number of nitrogens with zero attached hydrogens (tertiary/aromatic N) is 2. The molecule has 2 heterocycles. The molecular formula is C22H15N3OS. The lowest BCUT2D eigenvalue weighted by Gasteiger charge is -2.11. The van der Waals surface area contributed by atoms with Crippen LogP contribution in [0.15, 0.2) is 85.2 Å². The lowest BCUT2D eigenvalue weighted by molar-refractivity contribution is 0.102. The lowest BCUT2D eigenvalue weighted by Crippen LogP contribution is -2.14. The van der Waals surface area contributed by atoms with Gasteiger partial charge in [0.1, 0.15) is 0 Å². The molecule has 1 amide bonds. The molecule has 0 fully saturated rings. The zero-order valence-corrected chi connectivity index (χ0v) is 15.1. The molecule has 0 spiro atoms. The Kier molecular flexibility index (Phi) is 3.73. The second-order valence-corrected chi connectivity index (χ2v) is 7.25. The summed E-state index contributed by atoms with van der Waals surface area (Å²) in [5, 5.41) is 9.63. The molecule has 4 nitrogen and oxygen atoms in total. The molecule has 130 valence electrons. The van der Waals surface area contributed by atoms with Crippen LogP contribution in [0, 0.1) is 0 Å². The van der Waals surface area contributed by atoms with Crippen molar-refractivity contribution in [2.45, 2.75) is 0 Å². The molecule has 3 aromatic carbocycles. The fourth-order valence-corrected chi connectivity index (χ4v) is 4.52. The van der Waals surface area contributed by atoms with Gasteiger partial charge in [-0.25, -0.2) is 4.68 Å². The Bertz CT molecular complexity index is 1270. The van der Waals surface area contributed by atoms with E-state index in [0.29, 0.717) is 5.56 Å². The van der Waals surface area contributed by atoms with Crippen molar-refractivity contribution in [2.75, 3.05) is 5.32 Å². The van der Waals surface area contributed by atoms with Gasteiger partial charge in [0.15, 0.2) is 0 Å². The average Bonchev–Trinajstić information content (AvgIpc) is 3.36. The van der Waals surface area contributed by atoms with E-state index >= 15 is 0 Å². The lowest BCUT2D eigenvalue weighted by atomic mass is 10.1. The molecule has 1 N–H and O–H groups in total. The summed E-state index contributed by atoms with van der Waals surface area (Å²) in [5.41, 5.74) is 2.24. The number of para-hydroxylation sites is 2. The number of anilines is 1. The van der Waals surface area contributed by atoms with Crippen molar-refractivity contribution < 1.29 is 4.79 Å². The van der Waals surface area contributed by atoms with Gasteiger partial charge in [-0.05, 0) is 30.3 Å². The summed E-state index contributed by atoms with van der Waals surface area (Å²) in [4.78, 5) is 13.1. The van der Waals surface area contributed by atoms with Gasteiger partial charge in [0.2, 0.25) is 0 Å². The maximum atomic E-state index is 13.1. The normalized spacial score (nSPS) is 11.1. The van der Waals surface area contributed by atoms with Crippen molar-refractivity contribution in [1.29, 1.82) is 0 Å². The van der Waals surface area contributed by atoms with Gasteiger partial charge >= 0.3 is 0 Å². The smallest absolute Gasteiger partial charge is 0.257 e. The molecule has 27 heavy (non-hydrogen) atoms. The molecule has 0 atom stereocenters. The summed E-state index contributed by atoms with van der Waals surface area (Å²) >= 11 is 1.65. The summed E-state index contributed by atoms with van der Waals surface area (Å²) in [6.45, 7) is 0. The average molecular weight is 369 g/mol. The second-order valence-electron chi connectivity index (χ2n) is 6.20. The van der Waals surface area contributed by atoms with E-state index in [2.05, 4.69) is 28.6 Å². The number of thiophene rings is 1. The van der Waals surface area contributed by atoms with E-state index in [-0.39, 0.29) is 5.91 Å². The molecule has 0 bridgehead atoms. The Hall–Kier alpha value is -3.44. The maximum Gasteiger partial charge on any atom is 0.257 e. The van der Waals surface area contributed by atoms with E-state index in [4.69, 9.17) is 0 Å². The Balaban J connectivity index is 1.58. The summed E-state index contributed by atoms with van der Waals surface area (Å²) in [6.07, 6.45) is 3.58. The third kappa shape index (κ3) is 2.69. The van der Waals surface area contributed by atoms with Gasteiger partial charge in [-0.15, -0.1) is 11.3 Å². The Labute approximate surface area is 159 Å². The van der Waals surface area contributed by atoms with Gasteiger partial charge < -0.3 is 5.32 Å². The highest BCUT2D eigenvalue weighted by Crippen LogP contribution is 2.36. The molecule has 0 aliphatic carbocycles. The van der Waals surface area contributed by atoms with Gasteiger partial charge in [0.05, 0.1) is 16.9 Å². The number of benzene rings is 3. The summed E-state index contributed by atoms with van der Waals surface area (Å²) in [5.74, 6) is -0.119. The standard InChI is InChI=1S/C22H15N3OS/c26-22(24-18-10-2-3-11-19(18)25-14-6-13-23-25)17-9-5-8-16-15-7-1-4-12-20(15)27-21(16)17/h1-14H,(H,24,26). The van der Waals surface area contributed by atoms with Crippen molar-refractivity contribution in [3.63, 3.8) is 0 Å². The summed E-state index contributed by atoms with van der Waals surface area (Å²) in [7, 11) is 0. The van der Waals surface area contributed by atoms with Gasteiger partial charge in [-0.1, -0.05) is 42.5 Å². The predicted octanol–water partition coefficient (Wildman–Crippen LogP) is 5.49. The zero-order valence-electron chi connectivity index (χ0n) is 14.3. The van der Waals surface area contributed by atoms with Crippen molar-refractivity contribution >= 4 is 43.1 Å². The highest BCUT2D eigenvalue weighted by atomic mass is 32.1. The third-order valence-electron chi connectivity index (χ3n) is 4.55. The van der Waals surface area contributed by atoms with Crippen LogP contribution in [0.4, 0.5) is 5.69 Å². The first kappa shape index (κ1) is 15.8. The Morgan fingerprint density at radius 3 is 2.59 bits per heavy atom. The quantitative estimate of drug-likeness (QED) is 0.457. The van der Waals surface area contributed by atoms with Crippen LogP contribution in [-0.4, -0.2) is 15.7 Å². The van der Waals surface area contributed by atoms with Crippen molar-refractivity contribution in [3.8, 4) is 5.69 Å². The van der Waals surface area contributed by atoms with E-state index in [1.807, 2.05) is 60.8 Å². The highest BCUT2D eigenvalue weighted by molar-refractivity contribution is 7.26. The minimum Gasteiger partial charge on any atom is -0.320 e. The summed E-state index contributed by atoms with van der Waals surface area (Å²) in [6, 6.07) is 23.7. The van der Waals surface area contributed by atoms with E-state index in [1.54, 1.807) is 22.2 Å². The minimum absolute atomic E-state index is 0.119. The topological polar surface area (TPSA) is 46.9 Å². The number of carbonyl (C=O) groups excluding carboxylic acids is 1. The molecule has 0 saturated heterocycles. The van der Waals surface area contributed by atoms with Crippen LogP contribution < -0.4 is 5.32 Å². The molecule has 5 rings (SSSR count). The Morgan fingerprint density at radius 2 is 1.70 bits per heavy atom. The zero-order chi connectivity index (χ0) is 18.2. The largest absolute Gasteiger partial charge is 0.320 e. The van der Waals surface area contributed by atoms with Crippen LogP contribution in [0.5, 0.6) is 0 Å². The van der Waals surface area contributed by atoms with Crippen LogP contribution in [0.25, 0.3) is 25.9 Å². The fraction of sp³-hybridized carbons (Fsp3) is 0. The fourth-order valence-electron chi connectivity index (χ4n) is 3.31. The number of fused-ring (bicyclic) bond motifs is 3. The highest BCUT2D eigenvalue weighted by Gasteiger charge is 2.15. The molecule has 0 unspecified atom stereocenters. The predicted molar refractivity (Wildman–Crippen MR) is 111 cm³/mol. The van der Waals surface area contributed by atoms with E-state index < -0.39 is 0 Å². The molecular weight excluding hydrogens is 354 g/mol. The third-order valence-corrected chi connectivity index (χ3v) is 5.77. The van der Waals surface area contributed by atoms with Crippen LogP contribution in [0.3, 0.4) is 0 Å². The second kappa shape index (κ2) is 6.37. The molecule has 0 saturated carbocycles. The van der Waals surface area contributed by atoms with Gasteiger partial charge in [0.25, 0.3) is 5.91 Å². The molecule has 5 aromatic rings. The SMILES string of the molecule is O=C(Nc1ccccc1-n1cccn1)c1cccc2c1sc1ccccc12. The number of hydrogen-bond acceptors (Lipinski definition) is 3. The molecule has 5 heteroatoms. The minimum atomic E-state index is -0.119. The van der Waals surface area contributed by atoms with Gasteiger partial charge in [-0.2, -0.15) is 5.10 Å². The number of hydrogen-bond donors (Lipinski definition) is 1. The van der Waals surface area contributed by atoms with Crippen molar-refractivity contribution in [3.05, 3.63) is 90.8 Å². The monoisotopic (exact) mass is 369 g/mol. The number of aromatic nitrogens is 2. The first-order valence-electron chi connectivity index (χ1n) is 8.62. The van der Waals surface area contributed by atoms with Crippen molar-refractivity contribution in [2.24, 2.45) is 0 Å². The number of amides is 1. The van der Waals surface area contributed by atoms with E-state index in [0.717, 1.165) is 21.5 Å². The van der Waals surface area contributed by atoms with Crippen LogP contribution >= 0.6 is 11.3 Å². The first-order valence-corrected chi connectivity index (χ1v) is 9.43. The molecule has 2 aromatic heterocycles. The Morgan fingerprint density at radius 1 is 0.889 bits per heavy atom. The van der Waals surface area contributed by atoms with Crippen molar-refractivity contribution in [1.82, 2.24) is 9.78 Å². The maximum absolute atomic E-state index is 13.1. The van der Waals surface area contributed by atoms with Gasteiger partial charge in [0, 0.05) is 32.6 Å². The number of rotatable bonds is 3. The van der Waals surface area contributed by atoms with E-state index in [9.17, 15) is 4.79 Å².